The summed E-state index contributed by atoms with van der Waals surface area (Å²) in [7, 11) is 0. The second kappa shape index (κ2) is 14.0. The van der Waals surface area contributed by atoms with E-state index in [0.29, 0.717) is 16.8 Å². The van der Waals surface area contributed by atoms with Gasteiger partial charge in [0.15, 0.2) is 5.82 Å². The van der Waals surface area contributed by atoms with E-state index in [2.05, 4.69) is 35.9 Å². The predicted molar refractivity (Wildman–Crippen MR) is 181 cm³/mol. The molecule has 2 atom stereocenters. The Hall–Kier alpha value is -4.86. The normalized spacial score (nSPS) is 18.8. The second-order valence-corrected chi connectivity index (χ2v) is 13.9. The third-order valence-corrected chi connectivity index (χ3v) is 9.29. The minimum Gasteiger partial charge on any atom is -0.353 e. The van der Waals surface area contributed by atoms with Crippen LogP contribution >= 0.6 is 11.6 Å². The summed E-state index contributed by atoms with van der Waals surface area (Å²) in [5.41, 5.74) is 0.0435. The number of halogens is 5. The first-order chi connectivity index (χ1) is 24.1. The Bertz CT molecular complexity index is 1940. The molecule has 2 aliphatic rings. The molecule has 0 saturated heterocycles. The molecule has 1 saturated carbocycles. The average molecular weight is 729 g/mol. The number of benzene rings is 2. The van der Waals surface area contributed by atoms with Gasteiger partial charge in [-0.1, -0.05) is 57.5 Å². The van der Waals surface area contributed by atoms with Gasteiger partial charge in [0.1, 0.15) is 12.0 Å². The summed E-state index contributed by atoms with van der Waals surface area (Å²) in [5.74, 6) is -2.00. The van der Waals surface area contributed by atoms with Crippen LogP contribution in [0.25, 0.3) is 16.9 Å². The fraction of sp³-hybridized carbons (Fsp3) is 0.441. The molecule has 1 fully saturated rings. The van der Waals surface area contributed by atoms with Crippen molar-refractivity contribution < 1.29 is 27.2 Å². The Balaban J connectivity index is 1.46. The Morgan fingerprint density at radius 3 is 2.49 bits per heavy atom. The molecule has 2 N–H and O–H groups in total. The number of guanidine groups is 1. The molecular weight excluding hydrogens is 692 g/mol. The molecule has 12 nitrogen and oxygen atoms in total. The smallest absolute Gasteiger partial charge is 0.353 e. The second-order valence-electron chi connectivity index (χ2n) is 13.5. The summed E-state index contributed by atoms with van der Waals surface area (Å²) in [6.45, 7) is 4.90. The zero-order valence-electron chi connectivity index (χ0n) is 28.3. The summed E-state index contributed by atoms with van der Waals surface area (Å²) in [6, 6.07) is 10.5. The largest absolute Gasteiger partial charge is 0.394 e. The number of amides is 2. The third-order valence-electron chi connectivity index (χ3n) is 8.97. The van der Waals surface area contributed by atoms with Gasteiger partial charge in [0.25, 0.3) is 5.91 Å². The van der Waals surface area contributed by atoms with Gasteiger partial charge in [-0.3, -0.25) is 19.5 Å². The van der Waals surface area contributed by atoms with Gasteiger partial charge in [-0.05, 0) is 49.1 Å². The standard InChI is InChI=1S/C34H37ClF4N10O2/c1-19(2)30(50)41-17-27-22-9-12-24(35)26(15-22)48-29(42-18-44-48)28(36)45-32(40-14-13-33(3,4)34(37,38)39)47(27)31(51)21-7-5-20(6-8-21)25-16-43-49(46-25)23-10-11-23/h5-9,12,15-16,18-19,23,27-28H,10-11,13-14,17H2,1-4H3,(H,40,45)(H,41,50)/t27-,28?/m1/s1. The lowest BCUT2D eigenvalue weighted by Gasteiger charge is -2.35. The van der Waals surface area contributed by atoms with Crippen molar-refractivity contribution in [3.63, 3.8) is 0 Å². The van der Waals surface area contributed by atoms with Crippen LogP contribution in [0, 0.1) is 11.3 Å². The van der Waals surface area contributed by atoms with Gasteiger partial charge in [-0.25, -0.2) is 14.1 Å². The molecule has 270 valence electrons. The Morgan fingerprint density at radius 2 is 1.82 bits per heavy atom. The molecule has 2 amide bonds. The minimum absolute atomic E-state index is 0.156. The van der Waals surface area contributed by atoms with Crippen molar-refractivity contribution in [3.05, 3.63) is 77.0 Å². The molecule has 1 aliphatic heterocycles. The van der Waals surface area contributed by atoms with Gasteiger partial charge in [-0.2, -0.15) is 33.3 Å². The molecule has 0 radical (unpaired) electrons. The topological polar surface area (TPSA) is 135 Å². The number of hydrogen-bond acceptors (Lipinski definition) is 7. The van der Waals surface area contributed by atoms with Crippen molar-refractivity contribution in [1.29, 1.82) is 0 Å². The van der Waals surface area contributed by atoms with E-state index in [1.165, 1.54) is 4.68 Å². The summed E-state index contributed by atoms with van der Waals surface area (Å²) in [5, 5.41) is 18.7. The van der Waals surface area contributed by atoms with E-state index in [0.717, 1.165) is 37.9 Å². The third kappa shape index (κ3) is 7.60. The van der Waals surface area contributed by atoms with Crippen LogP contribution in [-0.4, -0.2) is 71.7 Å². The quantitative estimate of drug-likeness (QED) is 0.151. The van der Waals surface area contributed by atoms with Crippen LogP contribution in [0.5, 0.6) is 0 Å². The molecule has 4 aromatic rings. The van der Waals surface area contributed by atoms with E-state index < -0.39 is 48.7 Å². The number of aromatic nitrogens is 6. The van der Waals surface area contributed by atoms with Crippen molar-refractivity contribution in [2.75, 3.05) is 13.1 Å². The highest BCUT2D eigenvalue weighted by molar-refractivity contribution is 6.32. The van der Waals surface area contributed by atoms with Crippen LogP contribution in [-0.2, 0) is 4.79 Å². The van der Waals surface area contributed by atoms with E-state index >= 15 is 4.39 Å². The summed E-state index contributed by atoms with van der Waals surface area (Å²) >= 11 is 6.55. The molecule has 17 heteroatoms. The van der Waals surface area contributed by atoms with Crippen LogP contribution in [0.4, 0.5) is 17.6 Å². The van der Waals surface area contributed by atoms with Crippen LogP contribution in [0.1, 0.15) is 87.1 Å². The van der Waals surface area contributed by atoms with E-state index in [1.54, 1.807) is 67.3 Å². The van der Waals surface area contributed by atoms with Crippen molar-refractivity contribution >= 4 is 29.4 Å². The van der Waals surface area contributed by atoms with Gasteiger partial charge in [0.2, 0.25) is 18.2 Å². The monoisotopic (exact) mass is 728 g/mol. The first kappa shape index (κ1) is 35.9. The fourth-order valence-corrected chi connectivity index (χ4v) is 5.62. The number of hydrogen-bond donors (Lipinski definition) is 2. The molecule has 2 aromatic heterocycles. The van der Waals surface area contributed by atoms with Crippen molar-refractivity contribution in [2.45, 2.75) is 71.5 Å². The van der Waals surface area contributed by atoms with E-state index in [-0.39, 0.29) is 46.6 Å². The van der Waals surface area contributed by atoms with Crippen molar-refractivity contribution in [3.8, 4) is 16.9 Å². The first-order valence-electron chi connectivity index (χ1n) is 16.5. The summed E-state index contributed by atoms with van der Waals surface area (Å²) in [4.78, 5) is 38.8. The molecule has 2 aromatic carbocycles. The zero-order chi connectivity index (χ0) is 36.7. The number of fused-ring (bicyclic) bond motifs is 4. The van der Waals surface area contributed by atoms with Crippen LogP contribution < -0.4 is 10.6 Å². The van der Waals surface area contributed by atoms with Gasteiger partial charge in [0.05, 0.1) is 34.4 Å². The predicted octanol–water partition coefficient (Wildman–Crippen LogP) is 6.38. The SMILES string of the molecule is CC(C)C(=O)NC[C@@H]1c2ccc(Cl)c(c2)-n2ncnc2C(F)NC(=NCCC(C)(C)C(F)(F)F)N1C(=O)c1ccc(-c2cnn(C3CC3)n2)cc1. The summed E-state index contributed by atoms with van der Waals surface area (Å²) < 4.78 is 58.9. The molecule has 0 spiro atoms. The maximum Gasteiger partial charge on any atom is 0.394 e. The van der Waals surface area contributed by atoms with Crippen molar-refractivity contribution in [1.82, 2.24) is 45.3 Å². The Morgan fingerprint density at radius 1 is 1.10 bits per heavy atom. The maximum absolute atomic E-state index is 16.3. The van der Waals surface area contributed by atoms with Crippen LogP contribution in [0.2, 0.25) is 5.02 Å². The number of alkyl halides is 4. The number of aliphatic imine (C=N–C) groups is 1. The molecule has 1 unspecified atom stereocenters. The van der Waals surface area contributed by atoms with Gasteiger partial charge < -0.3 is 10.6 Å². The van der Waals surface area contributed by atoms with Crippen LogP contribution in [0.15, 0.2) is 60.0 Å². The lowest BCUT2D eigenvalue weighted by molar-refractivity contribution is -0.212. The molecule has 51 heavy (non-hydrogen) atoms. The van der Waals surface area contributed by atoms with Gasteiger partial charge in [0, 0.05) is 30.1 Å². The van der Waals surface area contributed by atoms with Gasteiger partial charge in [-0.15, -0.1) is 0 Å². The first-order valence-corrected chi connectivity index (χ1v) is 16.9. The maximum atomic E-state index is 16.3. The van der Waals surface area contributed by atoms with E-state index in [4.69, 9.17) is 11.6 Å². The molecule has 3 heterocycles. The lowest BCUT2D eigenvalue weighted by atomic mass is 9.89. The summed E-state index contributed by atoms with van der Waals surface area (Å²) in [6.07, 6.45) is -2.36. The highest BCUT2D eigenvalue weighted by Gasteiger charge is 2.46. The van der Waals surface area contributed by atoms with E-state index in [9.17, 15) is 22.8 Å². The number of carbonyl (C=O) groups excluding carboxylic acids is 2. The van der Waals surface area contributed by atoms with Gasteiger partial charge >= 0.3 is 6.18 Å². The molecule has 1 aliphatic carbocycles. The molecule has 2 bridgehead atoms. The molecule has 6 rings (SSSR count). The van der Waals surface area contributed by atoms with Crippen molar-refractivity contribution in [2.24, 2.45) is 16.3 Å². The minimum atomic E-state index is -4.54. The highest BCUT2D eigenvalue weighted by Crippen LogP contribution is 2.40. The highest BCUT2D eigenvalue weighted by atomic mass is 35.5. The average Bonchev–Trinajstić information content (AvgIpc) is 3.60. The Labute approximate surface area is 296 Å². The van der Waals surface area contributed by atoms with E-state index in [1.807, 2.05) is 0 Å². The number of rotatable bonds is 9. The lowest BCUT2D eigenvalue weighted by Crippen LogP contribution is -2.51. The number of nitrogens with one attached hydrogen (secondary N) is 2. The number of carbonyl (C=O) groups is 2. The van der Waals surface area contributed by atoms with Crippen LogP contribution in [0.3, 0.4) is 0 Å². The fourth-order valence-electron chi connectivity index (χ4n) is 5.42. The molecular formula is C34H37ClF4N10O2. The zero-order valence-corrected chi connectivity index (χ0v) is 29.1. The number of nitrogens with zero attached hydrogens (tertiary/aromatic N) is 8. The Kier molecular flexibility index (Phi) is 9.90.